The number of carbonyl (C=O) groups excluding carboxylic acids is 1. The van der Waals surface area contributed by atoms with E-state index in [-0.39, 0.29) is 22.4 Å². The lowest BCUT2D eigenvalue weighted by molar-refractivity contribution is -0.173. The van der Waals surface area contributed by atoms with Gasteiger partial charge in [-0.15, -0.1) is 11.3 Å². The summed E-state index contributed by atoms with van der Waals surface area (Å²) in [4.78, 5) is 13.5. The number of amides is 1. The standard InChI is InChI=1S/C18H13Br2F3N4OS/c19-9-3-5-10(6-4-9)24-17(28)15-14(20)16-25-11(12-2-1-7-29-12)8-13(18(21,22)23)27(16)26-15/h1-7,11,13,25H,8H2,(H,24,28)/t11-,13+/m0/s1. The molecule has 152 valence electrons. The van der Waals surface area contributed by atoms with E-state index >= 15 is 0 Å². The molecule has 1 aliphatic heterocycles. The summed E-state index contributed by atoms with van der Waals surface area (Å²) in [6.45, 7) is 0. The second kappa shape index (κ2) is 7.77. The van der Waals surface area contributed by atoms with E-state index < -0.39 is 24.2 Å². The van der Waals surface area contributed by atoms with Crippen molar-refractivity contribution >= 4 is 60.6 Å². The SMILES string of the molecule is O=C(Nc1ccc(Br)cc1)c1nn2c(c1Br)N[C@H](c1cccs1)C[C@@H]2C(F)(F)F. The molecule has 29 heavy (non-hydrogen) atoms. The number of hydrogen-bond acceptors (Lipinski definition) is 4. The number of fused-ring (bicyclic) bond motifs is 1. The second-order valence-electron chi connectivity index (χ2n) is 6.42. The molecule has 0 unspecified atom stereocenters. The van der Waals surface area contributed by atoms with Gasteiger partial charge in [0.2, 0.25) is 0 Å². The molecule has 1 aliphatic rings. The summed E-state index contributed by atoms with van der Waals surface area (Å²) in [6, 6.07) is 8.07. The van der Waals surface area contributed by atoms with E-state index in [1.807, 2.05) is 5.38 Å². The van der Waals surface area contributed by atoms with Crippen LogP contribution in [-0.4, -0.2) is 21.9 Å². The first-order chi connectivity index (χ1) is 13.7. The highest BCUT2D eigenvalue weighted by Crippen LogP contribution is 2.46. The maximum Gasteiger partial charge on any atom is 0.410 e. The van der Waals surface area contributed by atoms with Gasteiger partial charge in [0.25, 0.3) is 5.91 Å². The highest BCUT2D eigenvalue weighted by Gasteiger charge is 2.48. The topological polar surface area (TPSA) is 59.0 Å². The Kier molecular flexibility index (Phi) is 5.47. The highest BCUT2D eigenvalue weighted by atomic mass is 79.9. The second-order valence-corrected chi connectivity index (χ2v) is 9.11. The van der Waals surface area contributed by atoms with Crippen LogP contribution in [0.15, 0.2) is 50.7 Å². The molecule has 2 N–H and O–H groups in total. The number of anilines is 2. The summed E-state index contributed by atoms with van der Waals surface area (Å²) in [7, 11) is 0. The Morgan fingerprint density at radius 3 is 2.59 bits per heavy atom. The molecule has 0 spiro atoms. The maximum atomic E-state index is 13.8. The average Bonchev–Trinajstić information content (AvgIpc) is 3.31. The van der Waals surface area contributed by atoms with Crippen LogP contribution in [0, 0.1) is 0 Å². The van der Waals surface area contributed by atoms with Gasteiger partial charge in [0, 0.05) is 21.5 Å². The number of halogens is 5. The van der Waals surface area contributed by atoms with Crippen molar-refractivity contribution in [2.75, 3.05) is 10.6 Å². The van der Waals surface area contributed by atoms with Crippen molar-refractivity contribution in [1.29, 1.82) is 0 Å². The fourth-order valence-corrected chi connectivity index (χ4v) is 4.74. The molecule has 3 heterocycles. The van der Waals surface area contributed by atoms with E-state index in [0.717, 1.165) is 14.0 Å². The van der Waals surface area contributed by atoms with Crippen LogP contribution in [0.2, 0.25) is 0 Å². The van der Waals surface area contributed by atoms with Gasteiger partial charge in [-0.3, -0.25) is 4.79 Å². The number of nitrogens with one attached hydrogen (secondary N) is 2. The summed E-state index contributed by atoms with van der Waals surface area (Å²) < 4.78 is 43.2. The van der Waals surface area contributed by atoms with Crippen LogP contribution in [0.3, 0.4) is 0 Å². The Labute approximate surface area is 184 Å². The van der Waals surface area contributed by atoms with E-state index in [2.05, 4.69) is 47.6 Å². The zero-order chi connectivity index (χ0) is 20.8. The van der Waals surface area contributed by atoms with Gasteiger partial charge in [-0.05, 0) is 51.6 Å². The van der Waals surface area contributed by atoms with E-state index in [1.165, 1.54) is 11.3 Å². The maximum absolute atomic E-state index is 13.8. The highest BCUT2D eigenvalue weighted by molar-refractivity contribution is 9.11. The molecule has 1 aromatic carbocycles. The van der Waals surface area contributed by atoms with Crippen LogP contribution in [0.1, 0.15) is 33.9 Å². The lowest BCUT2D eigenvalue weighted by Gasteiger charge is -2.33. The number of aromatic nitrogens is 2. The zero-order valence-corrected chi connectivity index (χ0v) is 18.5. The van der Waals surface area contributed by atoms with Crippen molar-refractivity contribution < 1.29 is 18.0 Å². The predicted octanol–water partition coefficient (Wildman–Crippen LogP) is 6.38. The number of hydrogen-bond donors (Lipinski definition) is 2. The molecule has 0 saturated carbocycles. The summed E-state index contributed by atoms with van der Waals surface area (Å²) in [5, 5.41) is 11.6. The molecule has 0 radical (unpaired) electrons. The first-order valence-electron chi connectivity index (χ1n) is 8.45. The molecular weight excluding hydrogens is 537 g/mol. The monoisotopic (exact) mass is 548 g/mol. The summed E-state index contributed by atoms with van der Waals surface area (Å²) >= 11 is 7.95. The third kappa shape index (κ3) is 4.08. The van der Waals surface area contributed by atoms with Crippen molar-refractivity contribution in [3.63, 3.8) is 0 Å². The molecule has 0 bridgehead atoms. The first-order valence-corrected chi connectivity index (χ1v) is 10.9. The van der Waals surface area contributed by atoms with E-state index in [1.54, 1.807) is 36.4 Å². The van der Waals surface area contributed by atoms with Gasteiger partial charge in [0.15, 0.2) is 11.7 Å². The van der Waals surface area contributed by atoms with E-state index in [0.29, 0.717) is 5.69 Å². The molecule has 5 nitrogen and oxygen atoms in total. The first kappa shape index (κ1) is 20.4. The smallest absolute Gasteiger partial charge is 0.362 e. The Morgan fingerprint density at radius 2 is 1.97 bits per heavy atom. The fourth-order valence-electron chi connectivity index (χ4n) is 3.13. The number of thiophene rings is 1. The number of rotatable bonds is 3. The van der Waals surface area contributed by atoms with Crippen molar-refractivity contribution in [2.45, 2.75) is 24.7 Å². The van der Waals surface area contributed by atoms with Gasteiger partial charge in [0.1, 0.15) is 5.82 Å². The summed E-state index contributed by atoms with van der Waals surface area (Å²) in [6.07, 6.45) is -4.71. The predicted molar refractivity (Wildman–Crippen MR) is 112 cm³/mol. The lowest BCUT2D eigenvalue weighted by atomic mass is 10.0. The molecule has 2 atom stereocenters. The van der Waals surface area contributed by atoms with Crippen LogP contribution >= 0.6 is 43.2 Å². The third-order valence-corrected chi connectivity index (χ3v) is 6.77. The van der Waals surface area contributed by atoms with Gasteiger partial charge in [-0.2, -0.15) is 18.3 Å². The minimum atomic E-state index is -4.50. The zero-order valence-electron chi connectivity index (χ0n) is 14.5. The van der Waals surface area contributed by atoms with Crippen LogP contribution in [-0.2, 0) is 0 Å². The molecule has 2 aromatic heterocycles. The van der Waals surface area contributed by atoms with Gasteiger partial charge >= 0.3 is 6.18 Å². The molecule has 0 aliphatic carbocycles. The minimum Gasteiger partial charge on any atom is -0.362 e. The Hall–Kier alpha value is -1.85. The van der Waals surface area contributed by atoms with E-state index in [4.69, 9.17) is 0 Å². The molecule has 0 saturated heterocycles. The number of alkyl halides is 3. The fraction of sp³-hybridized carbons (Fsp3) is 0.222. The van der Waals surface area contributed by atoms with Crippen molar-refractivity contribution in [2.24, 2.45) is 0 Å². The van der Waals surface area contributed by atoms with Gasteiger partial charge < -0.3 is 10.6 Å². The number of benzene rings is 1. The third-order valence-electron chi connectivity index (χ3n) is 4.50. The van der Waals surface area contributed by atoms with Crippen LogP contribution in [0.25, 0.3) is 0 Å². The van der Waals surface area contributed by atoms with Crippen LogP contribution < -0.4 is 10.6 Å². The van der Waals surface area contributed by atoms with Gasteiger partial charge in [0.05, 0.1) is 10.5 Å². The molecular formula is C18H13Br2F3N4OS. The van der Waals surface area contributed by atoms with Gasteiger partial charge in [-0.1, -0.05) is 22.0 Å². The molecule has 3 aromatic rings. The Balaban J connectivity index is 1.69. The number of carbonyl (C=O) groups is 1. The largest absolute Gasteiger partial charge is 0.410 e. The van der Waals surface area contributed by atoms with Crippen molar-refractivity contribution in [1.82, 2.24) is 9.78 Å². The summed E-state index contributed by atoms with van der Waals surface area (Å²) in [5.41, 5.74) is 0.393. The quantitative estimate of drug-likeness (QED) is 0.398. The number of nitrogens with zero attached hydrogens (tertiary/aromatic N) is 2. The van der Waals surface area contributed by atoms with E-state index in [9.17, 15) is 18.0 Å². The summed E-state index contributed by atoms with van der Waals surface area (Å²) in [5.74, 6) is -0.463. The van der Waals surface area contributed by atoms with Crippen LogP contribution in [0.4, 0.5) is 24.7 Å². The molecule has 4 rings (SSSR count). The average molecular weight is 550 g/mol. The van der Waals surface area contributed by atoms with Gasteiger partial charge in [-0.25, -0.2) is 4.68 Å². The normalized spacial score (nSPS) is 18.8. The minimum absolute atomic E-state index is 0.114. The van der Waals surface area contributed by atoms with Crippen molar-refractivity contribution in [3.05, 3.63) is 61.3 Å². The van der Waals surface area contributed by atoms with Crippen molar-refractivity contribution in [3.8, 4) is 0 Å². The Bertz CT molecular complexity index is 1030. The molecule has 0 fully saturated rings. The lowest BCUT2D eigenvalue weighted by Crippen LogP contribution is -2.35. The Morgan fingerprint density at radius 1 is 1.24 bits per heavy atom. The molecule has 1 amide bonds. The van der Waals surface area contributed by atoms with Crippen LogP contribution in [0.5, 0.6) is 0 Å². The molecule has 11 heteroatoms.